The number of carbonyl (C=O) groups excluding carboxylic acids is 1. The van der Waals surface area contributed by atoms with Crippen molar-refractivity contribution in [2.24, 2.45) is 17.3 Å². The molecule has 1 saturated carbocycles. The predicted molar refractivity (Wildman–Crippen MR) is 84.0 cm³/mol. The maximum absolute atomic E-state index is 12.1. The summed E-state index contributed by atoms with van der Waals surface area (Å²) in [4.78, 5) is 22.5. The third-order valence-corrected chi connectivity index (χ3v) is 4.69. The second-order valence-electron chi connectivity index (χ2n) is 7.41. The summed E-state index contributed by atoms with van der Waals surface area (Å²) in [6.07, 6.45) is 6.98. The van der Waals surface area contributed by atoms with Crippen LogP contribution in [0.5, 0.6) is 0 Å². The fraction of sp³-hybridized carbons (Fsp3) is 0.882. The molecule has 0 saturated heterocycles. The number of nitrogens with one attached hydrogen (secondary N) is 1. The maximum Gasteiger partial charge on any atom is 0.303 e. The molecule has 4 heteroatoms. The quantitative estimate of drug-likeness (QED) is 0.706. The number of carboxylic acids is 1. The number of amides is 1. The summed E-state index contributed by atoms with van der Waals surface area (Å²) < 4.78 is 0. The van der Waals surface area contributed by atoms with Crippen molar-refractivity contribution in [1.29, 1.82) is 0 Å². The fourth-order valence-corrected chi connectivity index (χ4v) is 3.16. The molecule has 0 aliphatic heterocycles. The Balaban J connectivity index is 2.13. The second kappa shape index (κ2) is 8.40. The largest absolute Gasteiger partial charge is 0.481 e. The summed E-state index contributed by atoms with van der Waals surface area (Å²) in [5.41, 5.74) is 0.353. The highest BCUT2D eigenvalue weighted by molar-refractivity contribution is 5.78. The molecule has 0 radical (unpaired) electrons. The fourth-order valence-electron chi connectivity index (χ4n) is 3.16. The van der Waals surface area contributed by atoms with Crippen LogP contribution in [0, 0.1) is 17.3 Å². The van der Waals surface area contributed by atoms with Gasteiger partial charge in [0.25, 0.3) is 0 Å². The molecule has 0 spiro atoms. The van der Waals surface area contributed by atoms with Crippen LogP contribution >= 0.6 is 0 Å². The lowest BCUT2D eigenvalue weighted by molar-refractivity contribution is -0.137. The standard InChI is InChI=1S/C17H31NO3/c1-17(2,3)14-10-8-13(9-11-14)16(21)18-12-6-4-5-7-15(19)20/h13-14H,4-12H2,1-3H3,(H,18,21)(H,19,20). The maximum atomic E-state index is 12.1. The molecule has 0 unspecified atom stereocenters. The Morgan fingerprint density at radius 1 is 1.05 bits per heavy atom. The van der Waals surface area contributed by atoms with E-state index in [1.54, 1.807) is 0 Å². The van der Waals surface area contributed by atoms with Crippen molar-refractivity contribution >= 4 is 11.9 Å². The van der Waals surface area contributed by atoms with Crippen molar-refractivity contribution in [3.63, 3.8) is 0 Å². The highest BCUT2D eigenvalue weighted by atomic mass is 16.4. The van der Waals surface area contributed by atoms with E-state index >= 15 is 0 Å². The zero-order valence-electron chi connectivity index (χ0n) is 13.8. The number of rotatable bonds is 7. The molecule has 0 bridgehead atoms. The number of hydrogen-bond acceptors (Lipinski definition) is 2. The molecule has 0 aromatic carbocycles. The molecule has 122 valence electrons. The van der Waals surface area contributed by atoms with Crippen LogP contribution in [-0.4, -0.2) is 23.5 Å². The van der Waals surface area contributed by atoms with Crippen molar-refractivity contribution in [1.82, 2.24) is 5.32 Å². The normalized spacial score (nSPS) is 22.8. The van der Waals surface area contributed by atoms with E-state index in [0.29, 0.717) is 18.4 Å². The lowest BCUT2D eigenvalue weighted by Gasteiger charge is -2.36. The van der Waals surface area contributed by atoms with E-state index < -0.39 is 5.97 Å². The number of aliphatic carboxylic acids is 1. The molecular weight excluding hydrogens is 266 g/mol. The molecule has 1 aliphatic rings. The molecule has 0 aromatic rings. The van der Waals surface area contributed by atoms with Gasteiger partial charge in [0.2, 0.25) is 5.91 Å². The summed E-state index contributed by atoms with van der Waals surface area (Å²) in [5.74, 6) is 0.371. The minimum Gasteiger partial charge on any atom is -0.481 e. The van der Waals surface area contributed by atoms with E-state index in [2.05, 4.69) is 26.1 Å². The average molecular weight is 297 g/mol. The molecule has 1 amide bonds. The van der Waals surface area contributed by atoms with Crippen LogP contribution in [0.3, 0.4) is 0 Å². The van der Waals surface area contributed by atoms with E-state index in [1.165, 1.54) is 0 Å². The van der Waals surface area contributed by atoms with Crippen LogP contribution < -0.4 is 5.32 Å². The van der Waals surface area contributed by atoms with Crippen LogP contribution in [0.4, 0.5) is 0 Å². The minimum atomic E-state index is -0.741. The Hall–Kier alpha value is -1.06. The van der Waals surface area contributed by atoms with E-state index in [0.717, 1.165) is 44.4 Å². The minimum absolute atomic E-state index is 0.183. The first kappa shape index (κ1) is 18.0. The highest BCUT2D eigenvalue weighted by Crippen LogP contribution is 2.39. The van der Waals surface area contributed by atoms with Crippen molar-refractivity contribution in [3.05, 3.63) is 0 Å². The van der Waals surface area contributed by atoms with Crippen molar-refractivity contribution < 1.29 is 14.7 Å². The SMILES string of the molecule is CC(C)(C)C1CCC(C(=O)NCCCCCC(=O)O)CC1. The third kappa shape index (κ3) is 6.96. The number of hydrogen-bond donors (Lipinski definition) is 2. The third-order valence-electron chi connectivity index (χ3n) is 4.69. The monoisotopic (exact) mass is 297 g/mol. The molecular formula is C17H31NO3. The summed E-state index contributed by atoms with van der Waals surface area (Å²) in [7, 11) is 0. The van der Waals surface area contributed by atoms with Gasteiger partial charge in [-0.2, -0.15) is 0 Å². The molecule has 0 atom stereocenters. The van der Waals surface area contributed by atoms with Gasteiger partial charge in [0.15, 0.2) is 0 Å². The summed E-state index contributed by atoms with van der Waals surface area (Å²) in [5, 5.41) is 11.5. The van der Waals surface area contributed by atoms with E-state index in [4.69, 9.17) is 5.11 Å². The lowest BCUT2D eigenvalue weighted by atomic mass is 9.69. The van der Waals surface area contributed by atoms with Gasteiger partial charge >= 0.3 is 5.97 Å². The topological polar surface area (TPSA) is 66.4 Å². The van der Waals surface area contributed by atoms with Gasteiger partial charge in [0.05, 0.1) is 0 Å². The molecule has 0 aromatic heterocycles. The Morgan fingerprint density at radius 3 is 2.19 bits per heavy atom. The molecule has 1 rings (SSSR count). The number of carbonyl (C=O) groups is 2. The molecule has 1 aliphatic carbocycles. The Morgan fingerprint density at radius 2 is 1.67 bits per heavy atom. The van der Waals surface area contributed by atoms with Crippen LogP contribution in [0.15, 0.2) is 0 Å². The van der Waals surface area contributed by atoms with Crippen LogP contribution in [0.1, 0.15) is 72.1 Å². The van der Waals surface area contributed by atoms with Crippen LogP contribution in [-0.2, 0) is 9.59 Å². The predicted octanol–water partition coefficient (Wildman–Crippen LogP) is 3.60. The molecule has 21 heavy (non-hydrogen) atoms. The first-order valence-corrected chi connectivity index (χ1v) is 8.30. The molecule has 2 N–H and O–H groups in total. The van der Waals surface area contributed by atoms with Crippen LogP contribution in [0.25, 0.3) is 0 Å². The molecule has 4 nitrogen and oxygen atoms in total. The highest BCUT2D eigenvalue weighted by Gasteiger charge is 2.32. The Bertz CT molecular complexity index is 338. The van der Waals surface area contributed by atoms with Crippen LogP contribution in [0.2, 0.25) is 0 Å². The molecule has 1 fully saturated rings. The van der Waals surface area contributed by atoms with Crippen molar-refractivity contribution in [3.8, 4) is 0 Å². The number of carboxylic acid groups (broad SMARTS) is 1. The smallest absolute Gasteiger partial charge is 0.303 e. The van der Waals surface area contributed by atoms with Crippen molar-refractivity contribution in [2.75, 3.05) is 6.54 Å². The van der Waals surface area contributed by atoms with Gasteiger partial charge in [-0.15, -0.1) is 0 Å². The summed E-state index contributed by atoms with van der Waals surface area (Å²) >= 11 is 0. The van der Waals surface area contributed by atoms with E-state index in [-0.39, 0.29) is 18.2 Å². The van der Waals surface area contributed by atoms with Gasteiger partial charge in [-0.3, -0.25) is 9.59 Å². The van der Waals surface area contributed by atoms with Crippen molar-refractivity contribution in [2.45, 2.75) is 72.1 Å². The number of unbranched alkanes of at least 4 members (excludes halogenated alkanes) is 2. The lowest BCUT2D eigenvalue weighted by Crippen LogP contribution is -2.35. The van der Waals surface area contributed by atoms with Gasteiger partial charge in [0.1, 0.15) is 0 Å². The van der Waals surface area contributed by atoms with Gasteiger partial charge in [-0.25, -0.2) is 0 Å². The zero-order valence-corrected chi connectivity index (χ0v) is 13.8. The van der Waals surface area contributed by atoms with Gasteiger partial charge < -0.3 is 10.4 Å². The average Bonchev–Trinajstić information content (AvgIpc) is 2.41. The Labute approximate surface area is 128 Å². The first-order valence-electron chi connectivity index (χ1n) is 8.30. The van der Waals surface area contributed by atoms with Gasteiger partial charge in [-0.05, 0) is 49.9 Å². The Kier molecular flexibility index (Phi) is 7.20. The van der Waals surface area contributed by atoms with E-state index in [1.807, 2.05) is 0 Å². The summed E-state index contributed by atoms with van der Waals surface area (Å²) in [6.45, 7) is 7.54. The van der Waals surface area contributed by atoms with Gasteiger partial charge in [0, 0.05) is 18.9 Å². The van der Waals surface area contributed by atoms with E-state index in [9.17, 15) is 9.59 Å². The first-order chi connectivity index (χ1) is 9.80. The summed E-state index contributed by atoms with van der Waals surface area (Å²) in [6, 6.07) is 0. The molecule has 0 heterocycles. The van der Waals surface area contributed by atoms with Gasteiger partial charge in [-0.1, -0.05) is 27.2 Å². The zero-order chi connectivity index (χ0) is 15.9. The second-order valence-corrected chi connectivity index (χ2v) is 7.41.